The van der Waals surface area contributed by atoms with E-state index in [9.17, 15) is 0 Å². The summed E-state index contributed by atoms with van der Waals surface area (Å²) in [6.45, 7) is 1.58. The molecule has 2 rings (SSSR count). The third kappa shape index (κ3) is 8.80. The fourth-order valence-corrected chi connectivity index (χ4v) is 3.40. The Hall–Kier alpha value is -3.98. The summed E-state index contributed by atoms with van der Waals surface area (Å²) in [6.07, 6.45) is 5.00. The molecule has 32 heavy (non-hydrogen) atoms. The van der Waals surface area contributed by atoms with Crippen molar-refractivity contribution in [2.75, 3.05) is 36.8 Å². The number of nitrogens with zero attached hydrogens (tertiary/aromatic N) is 10. The Morgan fingerprint density at radius 2 is 1.16 bits per heavy atom. The summed E-state index contributed by atoms with van der Waals surface area (Å²) in [7, 11) is 0. The van der Waals surface area contributed by atoms with E-state index in [1.54, 1.807) is 12.4 Å². The summed E-state index contributed by atoms with van der Waals surface area (Å²) >= 11 is 2.69. The van der Waals surface area contributed by atoms with Crippen molar-refractivity contribution in [3.63, 3.8) is 0 Å². The van der Waals surface area contributed by atoms with Gasteiger partial charge in [-0.3, -0.25) is 0 Å². The molecule has 0 aromatic carbocycles. The van der Waals surface area contributed by atoms with Crippen LogP contribution in [0.25, 0.3) is 0 Å². The molecule has 2 N–H and O–H groups in total. The van der Waals surface area contributed by atoms with E-state index in [0.717, 1.165) is 36.2 Å². The summed E-state index contributed by atoms with van der Waals surface area (Å²) in [5.74, 6) is -1.57. The lowest BCUT2D eigenvalue weighted by Gasteiger charge is -2.03. The fraction of sp³-hybridized carbons (Fsp3) is 0.444. The molecule has 0 fully saturated rings. The molecular formula is C18H18N12S2. The third-order valence-electron chi connectivity index (χ3n) is 3.63. The Morgan fingerprint density at radius 1 is 0.750 bits per heavy atom. The zero-order valence-corrected chi connectivity index (χ0v) is 18.5. The van der Waals surface area contributed by atoms with E-state index in [0.29, 0.717) is 10.0 Å². The lowest BCUT2D eigenvalue weighted by Crippen LogP contribution is -2.06. The van der Waals surface area contributed by atoms with Crippen molar-refractivity contribution in [2.24, 2.45) is 32.3 Å². The first-order valence-electron chi connectivity index (χ1n) is 9.41. The Balaban J connectivity index is 1.60. The molecule has 0 radical (unpaired) electrons. The highest BCUT2D eigenvalue weighted by molar-refractivity contribution is 7.19. The van der Waals surface area contributed by atoms with E-state index in [-0.39, 0.29) is 13.1 Å². The minimum absolute atomic E-state index is 0.0486. The lowest BCUT2D eigenvalue weighted by molar-refractivity contribution is 0.794. The molecule has 0 unspecified atom stereocenters. The summed E-state index contributed by atoms with van der Waals surface area (Å²) in [4.78, 5) is 8.43. The largest absolute Gasteiger partial charge is 0.361 e. The molecule has 2 aromatic heterocycles. The second-order valence-electron chi connectivity index (χ2n) is 6.04. The number of rotatable bonds is 13. The number of nitrogens with one attached hydrogen (secondary N) is 2. The van der Waals surface area contributed by atoms with Gasteiger partial charge in [-0.25, -0.2) is 9.97 Å². The highest BCUT2D eigenvalue weighted by Gasteiger charge is 2.05. The number of thiazole rings is 2. The van der Waals surface area contributed by atoms with Gasteiger partial charge in [0.25, 0.3) is 0 Å². The van der Waals surface area contributed by atoms with E-state index in [1.165, 1.54) is 22.7 Å². The van der Waals surface area contributed by atoms with Gasteiger partial charge < -0.3 is 10.6 Å². The van der Waals surface area contributed by atoms with Crippen LogP contribution >= 0.6 is 22.7 Å². The van der Waals surface area contributed by atoms with Crippen molar-refractivity contribution in [3.05, 3.63) is 12.4 Å². The van der Waals surface area contributed by atoms with Gasteiger partial charge in [-0.2, -0.15) is 31.3 Å². The molecule has 0 saturated carbocycles. The molecule has 0 aliphatic carbocycles. The van der Waals surface area contributed by atoms with E-state index in [4.69, 9.17) is 21.0 Å². The SMILES string of the molecule is N#CC(C#N)CN=Nc1cnc(NCCCCNc2ncc(N=NCC(C#N)C#N)s2)s1. The molecule has 0 spiro atoms. The van der Waals surface area contributed by atoms with Crippen LogP contribution in [0, 0.1) is 57.2 Å². The Labute approximate surface area is 192 Å². The van der Waals surface area contributed by atoms with Gasteiger partial charge in [0, 0.05) is 13.1 Å². The quantitative estimate of drug-likeness (QED) is 0.320. The van der Waals surface area contributed by atoms with Gasteiger partial charge in [0.2, 0.25) is 0 Å². The van der Waals surface area contributed by atoms with Crippen LogP contribution in [0.1, 0.15) is 12.8 Å². The third-order valence-corrected chi connectivity index (χ3v) is 5.31. The number of unbranched alkanes of at least 4 members (excludes halogenated alkanes) is 1. The normalized spacial score (nSPS) is 10.8. The zero-order chi connectivity index (χ0) is 23.0. The van der Waals surface area contributed by atoms with Crippen LogP contribution in [-0.2, 0) is 0 Å². The summed E-state index contributed by atoms with van der Waals surface area (Å²) in [6, 6.07) is 7.36. The monoisotopic (exact) mass is 466 g/mol. The molecule has 0 atom stereocenters. The minimum atomic E-state index is -0.787. The molecule has 2 heterocycles. The second-order valence-corrected chi connectivity index (χ2v) is 8.06. The van der Waals surface area contributed by atoms with Gasteiger partial charge in [0.05, 0.1) is 49.8 Å². The maximum atomic E-state index is 8.69. The fourth-order valence-electron chi connectivity index (χ4n) is 2.03. The minimum Gasteiger partial charge on any atom is -0.361 e. The number of nitriles is 4. The van der Waals surface area contributed by atoms with E-state index >= 15 is 0 Å². The van der Waals surface area contributed by atoms with Crippen molar-refractivity contribution < 1.29 is 0 Å². The Bertz CT molecular complexity index is 961. The van der Waals surface area contributed by atoms with Crippen LogP contribution in [-0.4, -0.2) is 36.1 Å². The first kappa shape index (κ1) is 24.3. The molecule has 12 nitrogen and oxygen atoms in total. The number of anilines is 2. The number of azo groups is 2. The molecule has 14 heteroatoms. The van der Waals surface area contributed by atoms with Crippen LogP contribution in [0.2, 0.25) is 0 Å². The maximum Gasteiger partial charge on any atom is 0.184 e. The predicted molar refractivity (Wildman–Crippen MR) is 119 cm³/mol. The molecule has 0 bridgehead atoms. The van der Waals surface area contributed by atoms with Crippen molar-refractivity contribution >= 4 is 42.9 Å². The highest BCUT2D eigenvalue weighted by Crippen LogP contribution is 2.27. The topological polar surface area (TPSA) is 194 Å². The first-order valence-corrected chi connectivity index (χ1v) is 11.0. The van der Waals surface area contributed by atoms with Crippen LogP contribution in [0.3, 0.4) is 0 Å². The molecule has 2 aromatic rings. The van der Waals surface area contributed by atoms with E-state index in [2.05, 4.69) is 41.1 Å². The molecule has 0 saturated heterocycles. The average Bonchev–Trinajstić information content (AvgIpc) is 3.46. The highest BCUT2D eigenvalue weighted by atomic mass is 32.1. The van der Waals surface area contributed by atoms with Gasteiger partial charge in [0.1, 0.15) is 0 Å². The smallest absolute Gasteiger partial charge is 0.184 e. The molecule has 0 aliphatic heterocycles. The van der Waals surface area contributed by atoms with E-state index < -0.39 is 11.8 Å². The molecule has 0 aliphatic rings. The summed E-state index contributed by atoms with van der Waals surface area (Å²) < 4.78 is 0. The lowest BCUT2D eigenvalue weighted by atomic mass is 10.2. The van der Waals surface area contributed by atoms with Gasteiger partial charge in [-0.05, 0) is 12.8 Å². The van der Waals surface area contributed by atoms with Crippen molar-refractivity contribution in [3.8, 4) is 24.3 Å². The number of hydrogen-bond acceptors (Lipinski definition) is 14. The van der Waals surface area contributed by atoms with Crippen molar-refractivity contribution in [1.29, 1.82) is 21.0 Å². The zero-order valence-electron chi connectivity index (χ0n) is 16.8. The molecule has 0 amide bonds. The van der Waals surface area contributed by atoms with E-state index in [1.807, 2.05) is 24.3 Å². The van der Waals surface area contributed by atoms with Gasteiger partial charge in [-0.15, -0.1) is 10.2 Å². The summed E-state index contributed by atoms with van der Waals surface area (Å²) in [5, 5.41) is 59.5. The summed E-state index contributed by atoms with van der Waals surface area (Å²) in [5.41, 5.74) is 0. The van der Waals surface area contributed by atoms with Crippen molar-refractivity contribution in [1.82, 2.24) is 9.97 Å². The van der Waals surface area contributed by atoms with Crippen molar-refractivity contribution in [2.45, 2.75) is 12.8 Å². The van der Waals surface area contributed by atoms with Gasteiger partial charge >= 0.3 is 0 Å². The van der Waals surface area contributed by atoms with Crippen LogP contribution in [0.15, 0.2) is 32.9 Å². The average molecular weight is 467 g/mol. The van der Waals surface area contributed by atoms with Crippen LogP contribution in [0.4, 0.5) is 20.3 Å². The van der Waals surface area contributed by atoms with Gasteiger partial charge in [-0.1, -0.05) is 22.7 Å². The Morgan fingerprint density at radius 3 is 1.53 bits per heavy atom. The first-order chi connectivity index (χ1) is 15.7. The van der Waals surface area contributed by atoms with Crippen LogP contribution in [0.5, 0.6) is 0 Å². The van der Waals surface area contributed by atoms with Gasteiger partial charge in [0.15, 0.2) is 32.1 Å². The molecule has 162 valence electrons. The second kappa shape index (κ2) is 14.1. The number of hydrogen-bond donors (Lipinski definition) is 2. The standard InChI is InChI=1S/C18H18N12S2/c19-5-13(6-20)9-27-29-15-11-25-17(31-15)23-3-1-2-4-24-18-26-12-16(32-18)30-28-10-14(7-21)8-22/h11-14H,1-4,9-10H2,(H,23,25)(H,24,26). The maximum absolute atomic E-state index is 8.69. The van der Waals surface area contributed by atoms with Crippen LogP contribution < -0.4 is 10.6 Å². The number of aromatic nitrogens is 2. The molecular weight excluding hydrogens is 448 g/mol. The Kier molecular flexibility index (Phi) is 10.7. The predicted octanol–water partition coefficient (Wildman–Crippen LogP) is 4.40.